The molecule has 0 spiro atoms. The summed E-state index contributed by atoms with van der Waals surface area (Å²) in [5.41, 5.74) is 2.15. The van der Waals surface area contributed by atoms with Crippen LogP contribution in [0, 0.1) is 0 Å². The molecule has 0 radical (unpaired) electrons. The molecule has 2 aromatic heterocycles. The molecule has 0 aliphatic carbocycles. The minimum atomic E-state index is 0.347. The highest BCUT2D eigenvalue weighted by molar-refractivity contribution is 9.10. The Morgan fingerprint density at radius 2 is 2.13 bits per heavy atom. The van der Waals surface area contributed by atoms with Gasteiger partial charge in [0, 0.05) is 16.9 Å². The van der Waals surface area contributed by atoms with Gasteiger partial charge in [0.15, 0.2) is 0 Å². The van der Waals surface area contributed by atoms with Gasteiger partial charge < -0.3 is 0 Å². The summed E-state index contributed by atoms with van der Waals surface area (Å²) in [4.78, 5) is 8.89. The summed E-state index contributed by atoms with van der Waals surface area (Å²) in [7, 11) is 0. The van der Waals surface area contributed by atoms with Crippen LogP contribution in [0.5, 0.6) is 0 Å². The zero-order valence-corrected chi connectivity index (χ0v) is 11.0. The molecule has 0 aliphatic rings. The van der Waals surface area contributed by atoms with Crippen LogP contribution in [-0.2, 0) is 0 Å². The fourth-order valence-corrected chi connectivity index (χ4v) is 2.30. The Hall–Kier alpha value is -0.740. The molecular weight excluding hydrogens is 272 g/mol. The highest BCUT2D eigenvalue weighted by atomic mass is 79.9. The van der Waals surface area contributed by atoms with E-state index in [1.165, 1.54) is 0 Å². The van der Waals surface area contributed by atoms with Gasteiger partial charge in [-0.05, 0) is 33.4 Å². The Labute approximate surface area is 102 Å². The van der Waals surface area contributed by atoms with E-state index in [1.807, 2.05) is 6.07 Å². The van der Waals surface area contributed by atoms with Gasteiger partial charge in [-0.15, -0.1) is 0 Å². The Morgan fingerprint density at radius 1 is 1.33 bits per heavy atom. The first-order chi connectivity index (χ1) is 7.16. The van der Waals surface area contributed by atoms with Crippen LogP contribution in [0.3, 0.4) is 0 Å². The van der Waals surface area contributed by atoms with Gasteiger partial charge in [0.2, 0.25) is 0 Å². The minimum Gasteiger partial charge on any atom is -0.233 e. The van der Waals surface area contributed by atoms with Crippen molar-refractivity contribution < 1.29 is 0 Å². The molecule has 0 atom stereocenters. The minimum absolute atomic E-state index is 0.347. The molecule has 4 heteroatoms. The van der Waals surface area contributed by atoms with Gasteiger partial charge >= 0.3 is 0 Å². The Bertz CT molecular complexity index is 452. The summed E-state index contributed by atoms with van der Waals surface area (Å²) in [6.45, 7) is 4.19. The first-order valence-corrected chi connectivity index (χ1v) is 6.47. The normalized spacial score (nSPS) is 10.9. The number of halogens is 1. The van der Waals surface area contributed by atoms with Gasteiger partial charge in [0.05, 0.1) is 5.69 Å². The van der Waals surface area contributed by atoms with E-state index in [-0.39, 0.29) is 0 Å². The molecule has 0 unspecified atom stereocenters. The highest BCUT2D eigenvalue weighted by Crippen LogP contribution is 2.24. The van der Waals surface area contributed by atoms with E-state index in [0.29, 0.717) is 5.92 Å². The maximum absolute atomic E-state index is 4.54. The first-order valence-electron chi connectivity index (χ1n) is 4.74. The second-order valence-electron chi connectivity index (χ2n) is 3.60. The SMILES string of the molecule is CC(C)c1nc(Br)cc(-c2ccsc2)n1. The number of aromatic nitrogens is 2. The van der Waals surface area contributed by atoms with E-state index in [9.17, 15) is 0 Å². The van der Waals surface area contributed by atoms with Crippen LogP contribution < -0.4 is 0 Å². The summed E-state index contributed by atoms with van der Waals surface area (Å²) >= 11 is 5.10. The van der Waals surface area contributed by atoms with Gasteiger partial charge in [-0.3, -0.25) is 0 Å². The lowest BCUT2D eigenvalue weighted by Gasteiger charge is -2.06. The van der Waals surface area contributed by atoms with Gasteiger partial charge in [0.1, 0.15) is 10.4 Å². The predicted octanol–water partition coefficient (Wildman–Crippen LogP) is 4.09. The second kappa shape index (κ2) is 4.41. The maximum atomic E-state index is 4.54. The van der Waals surface area contributed by atoms with Crippen LogP contribution in [0.1, 0.15) is 25.6 Å². The van der Waals surface area contributed by atoms with Crippen molar-refractivity contribution in [1.29, 1.82) is 0 Å². The van der Waals surface area contributed by atoms with Crippen molar-refractivity contribution in [3.05, 3.63) is 33.3 Å². The third kappa shape index (κ3) is 2.44. The smallest absolute Gasteiger partial charge is 0.132 e. The molecule has 0 amide bonds. The molecule has 2 aromatic rings. The van der Waals surface area contributed by atoms with E-state index < -0.39 is 0 Å². The van der Waals surface area contributed by atoms with E-state index in [4.69, 9.17) is 0 Å². The van der Waals surface area contributed by atoms with Crippen LogP contribution in [0.4, 0.5) is 0 Å². The molecule has 2 rings (SSSR count). The summed E-state index contributed by atoms with van der Waals surface area (Å²) in [5.74, 6) is 1.23. The molecule has 0 aliphatic heterocycles. The Morgan fingerprint density at radius 3 is 2.73 bits per heavy atom. The average molecular weight is 283 g/mol. The summed E-state index contributed by atoms with van der Waals surface area (Å²) in [6, 6.07) is 4.03. The molecule has 15 heavy (non-hydrogen) atoms. The topological polar surface area (TPSA) is 25.8 Å². The first kappa shape index (κ1) is 10.8. The summed E-state index contributed by atoms with van der Waals surface area (Å²) < 4.78 is 0.849. The van der Waals surface area contributed by atoms with E-state index in [0.717, 1.165) is 21.7 Å². The summed E-state index contributed by atoms with van der Waals surface area (Å²) in [5, 5.41) is 4.15. The Kier molecular flexibility index (Phi) is 3.17. The standard InChI is InChI=1S/C11H11BrN2S/c1-7(2)11-13-9(5-10(12)14-11)8-3-4-15-6-8/h3-7H,1-2H3. The number of nitrogens with zero attached hydrogens (tertiary/aromatic N) is 2. The maximum Gasteiger partial charge on any atom is 0.132 e. The van der Waals surface area contributed by atoms with Crippen LogP contribution in [0.2, 0.25) is 0 Å². The molecule has 0 saturated heterocycles. The van der Waals surface area contributed by atoms with Crippen LogP contribution in [0.25, 0.3) is 11.3 Å². The molecule has 2 nitrogen and oxygen atoms in total. The molecule has 0 bridgehead atoms. The third-order valence-corrected chi connectivity index (χ3v) is 3.13. The van der Waals surface area contributed by atoms with Crippen molar-refractivity contribution in [3.8, 4) is 11.3 Å². The van der Waals surface area contributed by atoms with Crippen molar-refractivity contribution in [2.45, 2.75) is 19.8 Å². The Balaban J connectivity index is 2.49. The zero-order valence-electron chi connectivity index (χ0n) is 8.57. The monoisotopic (exact) mass is 282 g/mol. The van der Waals surface area contributed by atoms with Gasteiger partial charge in [-0.2, -0.15) is 11.3 Å². The lowest BCUT2D eigenvalue weighted by atomic mass is 10.2. The average Bonchev–Trinajstić information content (AvgIpc) is 2.69. The summed E-state index contributed by atoms with van der Waals surface area (Å²) in [6.07, 6.45) is 0. The molecule has 0 saturated carbocycles. The third-order valence-electron chi connectivity index (χ3n) is 2.05. The second-order valence-corrected chi connectivity index (χ2v) is 5.19. The van der Waals surface area contributed by atoms with Gasteiger partial charge in [0.25, 0.3) is 0 Å². The van der Waals surface area contributed by atoms with Gasteiger partial charge in [-0.25, -0.2) is 9.97 Å². The van der Waals surface area contributed by atoms with Gasteiger partial charge in [-0.1, -0.05) is 13.8 Å². The van der Waals surface area contributed by atoms with Crippen molar-refractivity contribution in [2.75, 3.05) is 0 Å². The molecule has 0 N–H and O–H groups in total. The van der Waals surface area contributed by atoms with Crippen molar-refractivity contribution in [2.24, 2.45) is 0 Å². The molecule has 78 valence electrons. The number of thiophene rings is 1. The molecule has 0 fully saturated rings. The quantitative estimate of drug-likeness (QED) is 0.776. The zero-order chi connectivity index (χ0) is 10.8. The lowest BCUT2D eigenvalue weighted by Crippen LogP contribution is -1.99. The molecular formula is C11H11BrN2S. The largest absolute Gasteiger partial charge is 0.233 e. The fraction of sp³-hybridized carbons (Fsp3) is 0.273. The highest BCUT2D eigenvalue weighted by Gasteiger charge is 2.08. The van der Waals surface area contributed by atoms with E-state index >= 15 is 0 Å². The predicted molar refractivity (Wildman–Crippen MR) is 67.1 cm³/mol. The molecule has 0 aromatic carbocycles. The van der Waals surface area contributed by atoms with Crippen molar-refractivity contribution >= 4 is 27.3 Å². The van der Waals surface area contributed by atoms with E-state index in [1.54, 1.807) is 11.3 Å². The molecule has 2 heterocycles. The number of hydrogen-bond donors (Lipinski definition) is 0. The number of rotatable bonds is 2. The van der Waals surface area contributed by atoms with Crippen LogP contribution >= 0.6 is 27.3 Å². The van der Waals surface area contributed by atoms with Crippen molar-refractivity contribution in [3.63, 3.8) is 0 Å². The lowest BCUT2D eigenvalue weighted by molar-refractivity contribution is 0.771. The van der Waals surface area contributed by atoms with Crippen LogP contribution in [0.15, 0.2) is 27.5 Å². The fourth-order valence-electron chi connectivity index (χ4n) is 1.25. The van der Waals surface area contributed by atoms with Crippen LogP contribution in [-0.4, -0.2) is 9.97 Å². The van der Waals surface area contributed by atoms with Crippen molar-refractivity contribution in [1.82, 2.24) is 9.97 Å². The number of hydrogen-bond acceptors (Lipinski definition) is 3. The van der Waals surface area contributed by atoms with E-state index in [2.05, 4.69) is 56.6 Å².